The number of hydrogen-bond donors (Lipinski definition) is 0. The van der Waals surface area contributed by atoms with E-state index in [2.05, 4.69) is 12.1 Å². The first-order valence-electron chi connectivity index (χ1n) is 10.0. The molecule has 2 aliphatic heterocycles. The van der Waals surface area contributed by atoms with E-state index < -0.39 is 0 Å². The van der Waals surface area contributed by atoms with Gasteiger partial charge in [0.15, 0.2) is 0 Å². The number of hydrogen-bond acceptors (Lipinski definition) is 4. The molecule has 1 saturated heterocycles. The van der Waals surface area contributed by atoms with Crippen LogP contribution in [0, 0.1) is 5.92 Å². The zero-order valence-electron chi connectivity index (χ0n) is 16.7. The monoisotopic (exact) mass is 394 g/mol. The Morgan fingerprint density at radius 3 is 2.55 bits per heavy atom. The minimum Gasteiger partial charge on any atom is -0.497 e. The van der Waals surface area contributed by atoms with Gasteiger partial charge >= 0.3 is 0 Å². The Labute approximate surface area is 171 Å². The van der Waals surface area contributed by atoms with Crippen LogP contribution in [0.15, 0.2) is 48.5 Å². The maximum Gasteiger partial charge on any atom is 0.228 e. The number of methoxy groups -OCH3 is 1. The molecule has 6 nitrogen and oxygen atoms in total. The quantitative estimate of drug-likeness (QED) is 0.755. The summed E-state index contributed by atoms with van der Waals surface area (Å²) in [6.45, 7) is 2.72. The second-order valence-corrected chi connectivity index (χ2v) is 7.54. The fourth-order valence-corrected chi connectivity index (χ4v) is 4.04. The van der Waals surface area contributed by atoms with Gasteiger partial charge in [-0.2, -0.15) is 0 Å². The summed E-state index contributed by atoms with van der Waals surface area (Å²) in [6.07, 6.45) is 1.17. The highest BCUT2D eigenvalue weighted by Crippen LogP contribution is 2.25. The van der Waals surface area contributed by atoms with Crippen molar-refractivity contribution in [3.63, 3.8) is 0 Å². The average molecular weight is 394 g/mol. The zero-order valence-corrected chi connectivity index (χ0v) is 16.7. The highest BCUT2D eigenvalue weighted by Gasteiger charge is 2.37. The Morgan fingerprint density at radius 2 is 1.79 bits per heavy atom. The van der Waals surface area contributed by atoms with E-state index in [9.17, 15) is 9.59 Å². The topological polar surface area (TPSA) is 59.1 Å². The van der Waals surface area contributed by atoms with Crippen LogP contribution >= 0.6 is 0 Å². The number of ether oxygens (including phenoxy) is 2. The molecule has 2 aromatic rings. The molecule has 1 fully saturated rings. The molecule has 29 heavy (non-hydrogen) atoms. The van der Waals surface area contributed by atoms with Crippen molar-refractivity contribution >= 4 is 11.8 Å². The van der Waals surface area contributed by atoms with Gasteiger partial charge in [0, 0.05) is 26.1 Å². The van der Waals surface area contributed by atoms with Crippen LogP contribution in [0.5, 0.6) is 11.5 Å². The average Bonchev–Trinajstić information content (AvgIpc) is 3.14. The number of likely N-dealkylation sites (tertiary alicyclic amines) is 1. The van der Waals surface area contributed by atoms with E-state index in [0.717, 1.165) is 24.5 Å². The van der Waals surface area contributed by atoms with Crippen molar-refractivity contribution < 1.29 is 19.1 Å². The molecule has 2 aromatic carbocycles. The Hall–Kier alpha value is -3.02. The molecular formula is C23H26N2O4. The molecule has 2 aliphatic rings. The predicted molar refractivity (Wildman–Crippen MR) is 109 cm³/mol. The lowest BCUT2D eigenvalue weighted by molar-refractivity contribution is -0.136. The van der Waals surface area contributed by atoms with Crippen LogP contribution in [0.1, 0.15) is 17.5 Å². The van der Waals surface area contributed by atoms with Gasteiger partial charge in [-0.25, -0.2) is 0 Å². The molecule has 1 atom stereocenters. The minimum atomic E-state index is -0.256. The lowest BCUT2D eigenvalue weighted by Gasteiger charge is -2.30. The standard InChI is InChI=1S/C23H26N2O4/c1-28-20-6-8-21(9-7-20)29-13-12-24-16-19(14-22(24)26)23(27)25-11-10-17-4-2-3-5-18(17)15-25/h2-9,19H,10-16H2,1H3. The Kier molecular flexibility index (Phi) is 5.69. The van der Waals surface area contributed by atoms with E-state index in [1.807, 2.05) is 41.3 Å². The summed E-state index contributed by atoms with van der Waals surface area (Å²) in [5.74, 6) is 1.37. The van der Waals surface area contributed by atoms with Gasteiger partial charge in [0.25, 0.3) is 0 Å². The second-order valence-electron chi connectivity index (χ2n) is 7.54. The molecule has 0 aromatic heterocycles. The van der Waals surface area contributed by atoms with E-state index >= 15 is 0 Å². The molecule has 0 N–H and O–H groups in total. The lowest BCUT2D eigenvalue weighted by Crippen LogP contribution is -2.40. The number of carbonyl (C=O) groups excluding carboxylic acids is 2. The molecule has 0 saturated carbocycles. The predicted octanol–water partition coefficient (Wildman–Crippen LogP) is 2.51. The highest BCUT2D eigenvalue weighted by molar-refractivity contribution is 5.89. The van der Waals surface area contributed by atoms with E-state index in [1.165, 1.54) is 11.1 Å². The maximum atomic E-state index is 13.0. The maximum absolute atomic E-state index is 13.0. The molecule has 152 valence electrons. The van der Waals surface area contributed by atoms with Crippen LogP contribution < -0.4 is 9.47 Å². The van der Waals surface area contributed by atoms with Crippen LogP contribution in [0.2, 0.25) is 0 Å². The molecule has 4 rings (SSSR count). The largest absolute Gasteiger partial charge is 0.497 e. The van der Waals surface area contributed by atoms with E-state index in [-0.39, 0.29) is 17.7 Å². The highest BCUT2D eigenvalue weighted by atomic mass is 16.5. The smallest absolute Gasteiger partial charge is 0.228 e. The molecule has 2 heterocycles. The van der Waals surface area contributed by atoms with E-state index in [4.69, 9.17) is 9.47 Å². The Morgan fingerprint density at radius 1 is 1.07 bits per heavy atom. The van der Waals surface area contributed by atoms with Gasteiger partial charge in [-0.1, -0.05) is 24.3 Å². The number of nitrogens with zero attached hydrogens (tertiary/aromatic N) is 2. The number of fused-ring (bicyclic) bond motifs is 1. The summed E-state index contributed by atoms with van der Waals surface area (Å²) in [5.41, 5.74) is 2.53. The van der Waals surface area contributed by atoms with Gasteiger partial charge in [-0.15, -0.1) is 0 Å². The summed E-state index contributed by atoms with van der Waals surface area (Å²) in [7, 11) is 1.62. The fraction of sp³-hybridized carbons (Fsp3) is 0.391. The van der Waals surface area contributed by atoms with Crippen LogP contribution in [0.25, 0.3) is 0 Å². The Balaban J connectivity index is 1.28. The van der Waals surface area contributed by atoms with Gasteiger partial charge in [0.2, 0.25) is 11.8 Å². The van der Waals surface area contributed by atoms with E-state index in [1.54, 1.807) is 12.0 Å². The minimum absolute atomic E-state index is 0.0269. The molecule has 0 aliphatic carbocycles. The first kappa shape index (κ1) is 19.3. The fourth-order valence-electron chi connectivity index (χ4n) is 4.04. The third-order valence-corrected chi connectivity index (χ3v) is 5.70. The van der Waals surface area contributed by atoms with Gasteiger partial charge in [0.05, 0.1) is 19.6 Å². The molecule has 6 heteroatoms. The first-order valence-corrected chi connectivity index (χ1v) is 10.0. The van der Waals surface area contributed by atoms with Crippen molar-refractivity contribution in [2.24, 2.45) is 5.92 Å². The third-order valence-electron chi connectivity index (χ3n) is 5.70. The molecule has 0 radical (unpaired) electrons. The van der Waals surface area contributed by atoms with Crippen molar-refractivity contribution in [1.82, 2.24) is 9.80 Å². The SMILES string of the molecule is COc1ccc(OCCN2CC(C(=O)N3CCc4ccccc4C3)CC2=O)cc1. The molecule has 0 spiro atoms. The van der Waals surface area contributed by atoms with Gasteiger partial charge in [-0.05, 0) is 41.8 Å². The van der Waals surface area contributed by atoms with Crippen molar-refractivity contribution in [3.8, 4) is 11.5 Å². The summed E-state index contributed by atoms with van der Waals surface area (Å²) in [6, 6.07) is 15.6. The number of amides is 2. The number of rotatable bonds is 6. The van der Waals surface area contributed by atoms with Gasteiger partial charge < -0.3 is 19.3 Å². The molecule has 2 amide bonds. The normalized spacial score (nSPS) is 18.5. The van der Waals surface area contributed by atoms with Crippen molar-refractivity contribution in [3.05, 3.63) is 59.7 Å². The van der Waals surface area contributed by atoms with Gasteiger partial charge in [-0.3, -0.25) is 9.59 Å². The molecule has 1 unspecified atom stereocenters. The lowest BCUT2D eigenvalue weighted by atomic mass is 9.98. The van der Waals surface area contributed by atoms with Crippen molar-refractivity contribution in [2.45, 2.75) is 19.4 Å². The molecule has 0 bridgehead atoms. The van der Waals surface area contributed by atoms with Crippen molar-refractivity contribution in [1.29, 1.82) is 0 Å². The number of carbonyl (C=O) groups is 2. The summed E-state index contributed by atoms with van der Waals surface area (Å²) in [5, 5.41) is 0. The summed E-state index contributed by atoms with van der Waals surface area (Å²) >= 11 is 0. The van der Waals surface area contributed by atoms with Crippen LogP contribution in [-0.2, 0) is 22.6 Å². The Bertz CT molecular complexity index is 881. The second kappa shape index (κ2) is 8.55. The summed E-state index contributed by atoms with van der Waals surface area (Å²) < 4.78 is 10.9. The van der Waals surface area contributed by atoms with Gasteiger partial charge in [0.1, 0.15) is 18.1 Å². The first-order chi connectivity index (χ1) is 14.1. The number of benzene rings is 2. The van der Waals surface area contributed by atoms with Crippen LogP contribution in [0.4, 0.5) is 0 Å². The molecular weight excluding hydrogens is 368 g/mol. The summed E-state index contributed by atoms with van der Waals surface area (Å²) in [4.78, 5) is 29.0. The zero-order chi connectivity index (χ0) is 20.2. The van der Waals surface area contributed by atoms with E-state index in [0.29, 0.717) is 32.7 Å². The third kappa shape index (κ3) is 4.36. The van der Waals surface area contributed by atoms with Crippen LogP contribution in [-0.4, -0.2) is 55.0 Å². The van der Waals surface area contributed by atoms with Crippen molar-refractivity contribution in [2.75, 3.05) is 33.4 Å². The van der Waals surface area contributed by atoms with Crippen LogP contribution in [0.3, 0.4) is 0 Å².